The van der Waals surface area contributed by atoms with Crippen molar-refractivity contribution in [3.05, 3.63) is 27.5 Å². The second-order valence-corrected chi connectivity index (χ2v) is 6.38. The summed E-state index contributed by atoms with van der Waals surface area (Å²) in [5.41, 5.74) is 1.01. The lowest BCUT2D eigenvalue weighted by Gasteiger charge is -2.14. The van der Waals surface area contributed by atoms with Crippen LogP contribution in [0, 0.1) is 13.8 Å². The average Bonchev–Trinajstić information content (AvgIpc) is 3.11. The van der Waals surface area contributed by atoms with Gasteiger partial charge in [-0.15, -0.1) is 11.3 Å². The normalized spacial score (nSPS) is 12.0. The van der Waals surface area contributed by atoms with Crippen LogP contribution in [0.1, 0.15) is 47.6 Å². The van der Waals surface area contributed by atoms with E-state index in [2.05, 4.69) is 20.8 Å². The van der Waals surface area contributed by atoms with Gasteiger partial charge < -0.3 is 15.2 Å². The zero-order valence-electron chi connectivity index (χ0n) is 13.6. The molecular weight excluding hydrogens is 316 g/mol. The lowest BCUT2D eigenvalue weighted by molar-refractivity contribution is -0.136. The molecule has 0 bridgehead atoms. The molecular formula is C15H20N4O3S. The quantitative estimate of drug-likeness (QED) is 0.818. The summed E-state index contributed by atoms with van der Waals surface area (Å²) in [5, 5.41) is 9.87. The molecule has 124 valence electrons. The topological polar surface area (TPSA) is 97.1 Å². The minimum atomic E-state index is -0.738. The van der Waals surface area contributed by atoms with Crippen molar-refractivity contribution in [1.29, 1.82) is 0 Å². The number of hydrogen-bond donors (Lipinski definition) is 2. The SMILES string of the molecule is CCc1onc(C)c1NC(=O)C(=O)N[C@@H](CC)c1ncc(C)s1. The minimum Gasteiger partial charge on any atom is -0.359 e. The molecule has 0 saturated carbocycles. The van der Waals surface area contributed by atoms with Crippen LogP contribution in [-0.4, -0.2) is 22.0 Å². The van der Waals surface area contributed by atoms with E-state index in [-0.39, 0.29) is 6.04 Å². The maximum atomic E-state index is 12.1. The van der Waals surface area contributed by atoms with Gasteiger partial charge in [0.1, 0.15) is 16.4 Å². The fraction of sp³-hybridized carbons (Fsp3) is 0.467. The largest absolute Gasteiger partial charge is 0.359 e. The smallest absolute Gasteiger partial charge is 0.313 e. The van der Waals surface area contributed by atoms with E-state index in [0.717, 1.165) is 9.88 Å². The highest BCUT2D eigenvalue weighted by atomic mass is 32.1. The number of carbonyl (C=O) groups is 2. The van der Waals surface area contributed by atoms with Crippen molar-refractivity contribution in [1.82, 2.24) is 15.5 Å². The van der Waals surface area contributed by atoms with Gasteiger partial charge in [-0.3, -0.25) is 9.59 Å². The molecule has 0 aliphatic carbocycles. The maximum absolute atomic E-state index is 12.1. The first-order valence-electron chi connectivity index (χ1n) is 7.45. The summed E-state index contributed by atoms with van der Waals surface area (Å²) in [6.07, 6.45) is 2.98. The number of nitrogens with one attached hydrogen (secondary N) is 2. The highest BCUT2D eigenvalue weighted by molar-refractivity contribution is 7.11. The van der Waals surface area contributed by atoms with Crippen molar-refractivity contribution in [2.45, 2.75) is 46.6 Å². The summed E-state index contributed by atoms with van der Waals surface area (Å²) in [6.45, 7) is 7.47. The maximum Gasteiger partial charge on any atom is 0.313 e. The number of aryl methyl sites for hydroxylation is 3. The Morgan fingerprint density at radius 1 is 1.30 bits per heavy atom. The van der Waals surface area contributed by atoms with Gasteiger partial charge in [-0.1, -0.05) is 19.0 Å². The molecule has 7 nitrogen and oxygen atoms in total. The first kappa shape index (κ1) is 17.1. The van der Waals surface area contributed by atoms with Gasteiger partial charge in [0.05, 0.1) is 6.04 Å². The average molecular weight is 336 g/mol. The fourth-order valence-corrected chi connectivity index (χ4v) is 2.99. The monoisotopic (exact) mass is 336 g/mol. The summed E-state index contributed by atoms with van der Waals surface area (Å²) in [4.78, 5) is 29.6. The number of carbonyl (C=O) groups excluding carboxylic acids is 2. The summed E-state index contributed by atoms with van der Waals surface area (Å²) in [5.74, 6) is -0.892. The van der Waals surface area contributed by atoms with Crippen LogP contribution in [0.4, 0.5) is 5.69 Å². The number of anilines is 1. The summed E-state index contributed by atoms with van der Waals surface area (Å²) >= 11 is 1.51. The predicted octanol–water partition coefficient (Wildman–Crippen LogP) is 2.52. The van der Waals surface area contributed by atoms with E-state index in [9.17, 15) is 9.59 Å². The Balaban J connectivity index is 2.04. The molecule has 0 aliphatic heterocycles. The summed E-state index contributed by atoms with van der Waals surface area (Å²) in [7, 11) is 0. The fourth-order valence-electron chi connectivity index (χ4n) is 2.08. The molecule has 2 heterocycles. The molecule has 0 radical (unpaired) electrons. The van der Waals surface area contributed by atoms with Crippen molar-refractivity contribution in [2.75, 3.05) is 5.32 Å². The molecule has 1 atom stereocenters. The molecule has 0 unspecified atom stereocenters. The first-order chi connectivity index (χ1) is 11.0. The van der Waals surface area contributed by atoms with Crippen LogP contribution < -0.4 is 10.6 Å². The van der Waals surface area contributed by atoms with E-state index in [1.54, 1.807) is 13.1 Å². The zero-order chi connectivity index (χ0) is 17.0. The van der Waals surface area contributed by atoms with Crippen molar-refractivity contribution >= 4 is 28.8 Å². The Bertz CT molecular complexity index is 707. The van der Waals surface area contributed by atoms with Gasteiger partial charge in [-0.25, -0.2) is 4.98 Å². The van der Waals surface area contributed by atoms with Crippen LogP contribution in [0.2, 0.25) is 0 Å². The van der Waals surface area contributed by atoms with Gasteiger partial charge in [0, 0.05) is 17.5 Å². The van der Waals surface area contributed by atoms with Crippen LogP contribution in [0.3, 0.4) is 0 Å². The minimum absolute atomic E-state index is 0.277. The van der Waals surface area contributed by atoms with E-state index in [1.807, 2.05) is 20.8 Å². The molecule has 0 fully saturated rings. The molecule has 8 heteroatoms. The van der Waals surface area contributed by atoms with Gasteiger partial charge in [0.25, 0.3) is 0 Å². The second-order valence-electron chi connectivity index (χ2n) is 5.12. The second kappa shape index (κ2) is 7.36. The number of thiazole rings is 1. The molecule has 0 aliphatic rings. The molecule has 0 saturated heterocycles. The molecule has 2 aromatic rings. The Kier molecular flexibility index (Phi) is 5.49. The van der Waals surface area contributed by atoms with Crippen molar-refractivity contribution in [3.63, 3.8) is 0 Å². The van der Waals surface area contributed by atoms with Gasteiger partial charge in [0.15, 0.2) is 5.76 Å². The Hall–Kier alpha value is -2.22. The van der Waals surface area contributed by atoms with Gasteiger partial charge in [0.2, 0.25) is 0 Å². The van der Waals surface area contributed by atoms with Crippen LogP contribution in [0.15, 0.2) is 10.7 Å². The number of hydrogen-bond acceptors (Lipinski definition) is 6. The molecule has 2 rings (SSSR count). The highest BCUT2D eigenvalue weighted by Gasteiger charge is 2.23. The third-order valence-electron chi connectivity index (χ3n) is 3.35. The third kappa shape index (κ3) is 3.95. The van der Waals surface area contributed by atoms with Crippen molar-refractivity contribution in [3.8, 4) is 0 Å². The van der Waals surface area contributed by atoms with Crippen LogP contribution in [-0.2, 0) is 16.0 Å². The van der Waals surface area contributed by atoms with Crippen LogP contribution in [0.25, 0.3) is 0 Å². The lowest BCUT2D eigenvalue weighted by Crippen LogP contribution is -2.37. The van der Waals surface area contributed by atoms with E-state index in [0.29, 0.717) is 30.0 Å². The Labute approximate surface area is 138 Å². The highest BCUT2D eigenvalue weighted by Crippen LogP contribution is 2.23. The van der Waals surface area contributed by atoms with E-state index >= 15 is 0 Å². The molecule has 2 N–H and O–H groups in total. The molecule has 0 spiro atoms. The zero-order valence-corrected chi connectivity index (χ0v) is 14.4. The van der Waals surface area contributed by atoms with E-state index < -0.39 is 11.8 Å². The molecule has 0 aromatic carbocycles. The summed E-state index contributed by atoms with van der Waals surface area (Å²) in [6, 6.07) is -0.277. The molecule has 2 aromatic heterocycles. The lowest BCUT2D eigenvalue weighted by atomic mass is 10.2. The summed E-state index contributed by atoms with van der Waals surface area (Å²) < 4.78 is 5.09. The van der Waals surface area contributed by atoms with Crippen molar-refractivity contribution in [2.24, 2.45) is 0 Å². The Morgan fingerprint density at radius 2 is 2.04 bits per heavy atom. The van der Waals surface area contributed by atoms with Crippen LogP contribution in [0.5, 0.6) is 0 Å². The van der Waals surface area contributed by atoms with Gasteiger partial charge in [-0.05, 0) is 20.3 Å². The Morgan fingerprint density at radius 3 is 2.61 bits per heavy atom. The van der Waals surface area contributed by atoms with Crippen LogP contribution >= 0.6 is 11.3 Å². The number of aromatic nitrogens is 2. The van der Waals surface area contributed by atoms with Crippen molar-refractivity contribution < 1.29 is 14.1 Å². The predicted molar refractivity (Wildman–Crippen MR) is 87.3 cm³/mol. The standard InChI is InChI=1S/C15H20N4O3S/c1-5-10(15-16-7-8(3)23-15)17-13(20)14(21)18-12-9(4)19-22-11(12)6-2/h7,10H,5-6H2,1-4H3,(H,17,20)(H,18,21)/t10-/m0/s1. The molecule has 23 heavy (non-hydrogen) atoms. The third-order valence-corrected chi connectivity index (χ3v) is 4.38. The van der Waals surface area contributed by atoms with E-state index in [4.69, 9.17) is 4.52 Å². The van der Waals surface area contributed by atoms with Gasteiger partial charge in [-0.2, -0.15) is 0 Å². The number of nitrogens with zero attached hydrogens (tertiary/aromatic N) is 2. The van der Waals surface area contributed by atoms with Gasteiger partial charge >= 0.3 is 11.8 Å². The number of amides is 2. The number of rotatable bonds is 5. The molecule has 2 amide bonds. The first-order valence-corrected chi connectivity index (χ1v) is 8.27. The van der Waals surface area contributed by atoms with E-state index in [1.165, 1.54) is 11.3 Å².